The minimum atomic E-state index is -0.661. The zero-order chi connectivity index (χ0) is 17.8. The van der Waals surface area contributed by atoms with E-state index in [1.54, 1.807) is 25.3 Å². The molecule has 5 N–H and O–H groups in total. The fourth-order valence-electron chi connectivity index (χ4n) is 2.34. The number of urea groups is 1. The van der Waals surface area contributed by atoms with Crippen molar-refractivity contribution < 1.29 is 14.3 Å². The molecule has 1 aromatic heterocycles. The van der Waals surface area contributed by atoms with Crippen LogP contribution in [0.4, 0.5) is 10.5 Å². The van der Waals surface area contributed by atoms with Crippen molar-refractivity contribution in [2.24, 2.45) is 5.73 Å². The highest BCUT2D eigenvalue weighted by atomic mass is 16.5. The Hall–Kier alpha value is -3.55. The van der Waals surface area contributed by atoms with Crippen molar-refractivity contribution in [3.05, 3.63) is 53.9 Å². The summed E-state index contributed by atoms with van der Waals surface area (Å²) < 4.78 is 5.09. The van der Waals surface area contributed by atoms with Crippen LogP contribution in [0.25, 0.3) is 11.0 Å². The number of carbonyl (C=O) groups excluding carboxylic acids is 2. The molecule has 0 spiro atoms. The Morgan fingerprint density at radius 3 is 2.64 bits per heavy atom. The molecule has 8 nitrogen and oxygen atoms in total. The summed E-state index contributed by atoms with van der Waals surface area (Å²) in [7, 11) is 1.60. The van der Waals surface area contributed by atoms with E-state index >= 15 is 0 Å². The molecule has 0 radical (unpaired) electrons. The van der Waals surface area contributed by atoms with Gasteiger partial charge in [-0.25, -0.2) is 9.78 Å². The smallest absolute Gasteiger partial charge is 0.319 e. The number of imidazole rings is 1. The van der Waals surface area contributed by atoms with E-state index in [9.17, 15) is 9.59 Å². The van der Waals surface area contributed by atoms with Crippen molar-refractivity contribution in [1.82, 2.24) is 15.3 Å². The van der Waals surface area contributed by atoms with Crippen molar-refractivity contribution >= 4 is 28.7 Å². The molecule has 3 aromatic rings. The summed E-state index contributed by atoms with van der Waals surface area (Å²) in [6.07, 6.45) is 0. The second kappa shape index (κ2) is 6.91. The number of hydrogen-bond acceptors (Lipinski definition) is 4. The number of H-pyrrole nitrogens is 1. The second-order valence-corrected chi connectivity index (χ2v) is 5.31. The van der Waals surface area contributed by atoms with Gasteiger partial charge in [-0.2, -0.15) is 0 Å². The summed E-state index contributed by atoms with van der Waals surface area (Å²) in [5, 5.41) is 5.49. The Morgan fingerprint density at radius 1 is 1.20 bits per heavy atom. The highest BCUT2D eigenvalue weighted by Gasteiger charge is 2.12. The van der Waals surface area contributed by atoms with Gasteiger partial charge in [0.25, 0.3) is 5.91 Å². The van der Waals surface area contributed by atoms with Gasteiger partial charge in [0.2, 0.25) is 0 Å². The minimum Gasteiger partial charge on any atom is -0.497 e. The summed E-state index contributed by atoms with van der Waals surface area (Å²) in [5.41, 5.74) is 7.74. The Kier molecular flexibility index (Phi) is 4.51. The highest BCUT2D eigenvalue weighted by Crippen LogP contribution is 2.21. The Labute approximate surface area is 143 Å². The third-order valence-electron chi connectivity index (χ3n) is 3.61. The molecule has 0 aliphatic carbocycles. The number of anilines is 1. The van der Waals surface area contributed by atoms with E-state index in [-0.39, 0.29) is 11.9 Å². The molecule has 0 saturated heterocycles. The molecule has 0 fully saturated rings. The third kappa shape index (κ3) is 3.69. The zero-order valence-electron chi connectivity index (χ0n) is 13.5. The lowest BCUT2D eigenvalue weighted by Gasteiger charge is -2.09. The van der Waals surface area contributed by atoms with Crippen LogP contribution < -0.4 is 21.1 Å². The fourth-order valence-corrected chi connectivity index (χ4v) is 2.34. The number of fused-ring (bicyclic) bond motifs is 1. The quantitative estimate of drug-likeness (QED) is 0.568. The van der Waals surface area contributed by atoms with Gasteiger partial charge in [-0.05, 0) is 29.8 Å². The van der Waals surface area contributed by atoms with Crippen LogP contribution in [-0.4, -0.2) is 29.0 Å². The predicted octanol–water partition coefficient (Wildman–Crippen LogP) is 1.99. The Balaban J connectivity index is 1.68. The number of carbonyl (C=O) groups is 2. The maximum absolute atomic E-state index is 12.1. The topological polar surface area (TPSA) is 122 Å². The molecular weight excluding hydrogens is 322 g/mol. The number of amides is 3. The molecule has 0 bridgehead atoms. The van der Waals surface area contributed by atoms with E-state index < -0.39 is 5.91 Å². The van der Waals surface area contributed by atoms with Crippen molar-refractivity contribution in [3.8, 4) is 5.75 Å². The minimum absolute atomic E-state index is 0.0443. The molecule has 0 atom stereocenters. The number of rotatable bonds is 5. The van der Waals surface area contributed by atoms with E-state index in [1.165, 1.54) is 0 Å². The molecule has 0 aliphatic rings. The summed E-state index contributed by atoms with van der Waals surface area (Å²) in [6.45, 7) is 0.362. The van der Waals surface area contributed by atoms with Gasteiger partial charge in [0.05, 0.1) is 23.8 Å². The van der Waals surface area contributed by atoms with Crippen LogP contribution in [0, 0.1) is 0 Å². The summed E-state index contributed by atoms with van der Waals surface area (Å²) in [4.78, 5) is 30.2. The number of hydrogen-bond donors (Lipinski definition) is 4. The van der Waals surface area contributed by atoms with Gasteiger partial charge in [0.1, 0.15) is 5.75 Å². The van der Waals surface area contributed by atoms with E-state index in [1.807, 2.05) is 24.3 Å². The van der Waals surface area contributed by atoms with Crippen LogP contribution in [0.5, 0.6) is 5.75 Å². The summed E-state index contributed by atoms with van der Waals surface area (Å²) in [6, 6.07) is 12.2. The largest absolute Gasteiger partial charge is 0.497 e. The number of nitrogens with zero attached hydrogens (tertiary/aromatic N) is 1. The Bertz CT molecular complexity index is 918. The average molecular weight is 339 g/mol. The first-order valence-corrected chi connectivity index (χ1v) is 7.53. The van der Waals surface area contributed by atoms with Gasteiger partial charge in [-0.1, -0.05) is 18.2 Å². The van der Waals surface area contributed by atoms with Gasteiger partial charge in [0.15, 0.2) is 5.82 Å². The van der Waals surface area contributed by atoms with Gasteiger partial charge in [-0.3, -0.25) is 4.79 Å². The molecule has 0 saturated carbocycles. The standard InChI is InChI=1S/C17H17N5O3/c1-25-11-7-5-10(6-8-11)9-19-17(24)21-13-4-2-3-12-14(13)22-16(20-12)15(18)23/h2-8H,9H2,1H3,(H2,18,23)(H,20,22)(H2,19,21,24). The van der Waals surface area contributed by atoms with Crippen molar-refractivity contribution in [1.29, 1.82) is 0 Å². The molecule has 3 rings (SSSR count). The third-order valence-corrected chi connectivity index (χ3v) is 3.61. The van der Waals surface area contributed by atoms with Crippen LogP contribution in [0.3, 0.4) is 0 Å². The van der Waals surface area contributed by atoms with Crippen LogP contribution in [0.15, 0.2) is 42.5 Å². The van der Waals surface area contributed by atoms with Crippen molar-refractivity contribution in [3.63, 3.8) is 0 Å². The van der Waals surface area contributed by atoms with Gasteiger partial charge >= 0.3 is 6.03 Å². The number of aromatic nitrogens is 2. The number of ether oxygens (including phenoxy) is 1. The van der Waals surface area contributed by atoms with E-state index in [4.69, 9.17) is 10.5 Å². The lowest BCUT2D eigenvalue weighted by molar-refractivity contribution is 0.0991. The first kappa shape index (κ1) is 16.3. The van der Waals surface area contributed by atoms with Crippen LogP contribution in [0.1, 0.15) is 16.2 Å². The van der Waals surface area contributed by atoms with E-state index in [2.05, 4.69) is 20.6 Å². The molecule has 128 valence electrons. The Morgan fingerprint density at radius 2 is 1.96 bits per heavy atom. The first-order chi connectivity index (χ1) is 12.1. The number of para-hydroxylation sites is 1. The highest BCUT2D eigenvalue weighted by molar-refractivity contribution is 6.01. The molecule has 8 heteroatoms. The number of benzene rings is 2. The molecule has 1 heterocycles. The molecule has 3 amide bonds. The first-order valence-electron chi connectivity index (χ1n) is 7.53. The van der Waals surface area contributed by atoms with Crippen molar-refractivity contribution in [2.75, 3.05) is 12.4 Å². The zero-order valence-corrected chi connectivity index (χ0v) is 13.5. The monoisotopic (exact) mass is 339 g/mol. The molecular formula is C17H17N5O3. The maximum atomic E-state index is 12.1. The molecule has 25 heavy (non-hydrogen) atoms. The number of primary amides is 1. The molecule has 2 aromatic carbocycles. The van der Waals surface area contributed by atoms with E-state index in [0.717, 1.165) is 11.3 Å². The predicted molar refractivity (Wildman–Crippen MR) is 93.5 cm³/mol. The van der Waals surface area contributed by atoms with Crippen LogP contribution in [0.2, 0.25) is 0 Å². The van der Waals surface area contributed by atoms with Gasteiger partial charge in [-0.15, -0.1) is 0 Å². The van der Waals surface area contributed by atoms with Gasteiger partial charge in [0, 0.05) is 6.54 Å². The fraction of sp³-hybridized carbons (Fsp3) is 0.118. The van der Waals surface area contributed by atoms with Crippen LogP contribution >= 0.6 is 0 Å². The normalized spacial score (nSPS) is 10.4. The number of nitrogens with two attached hydrogens (primary N) is 1. The average Bonchev–Trinajstić information content (AvgIpc) is 3.06. The van der Waals surface area contributed by atoms with E-state index in [0.29, 0.717) is 23.3 Å². The number of nitrogens with one attached hydrogen (secondary N) is 3. The van der Waals surface area contributed by atoms with Gasteiger partial charge < -0.3 is 26.1 Å². The van der Waals surface area contributed by atoms with Crippen LogP contribution in [-0.2, 0) is 6.54 Å². The number of methoxy groups -OCH3 is 1. The lowest BCUT2D eigenvalue weighted by Crippen LogP contribution is -2.28. The molecule has 0 aliphatic heterocycles. The number of aromatic amines is 1. The second-order valence-electron chi connectivity index (χ2n) is 5.31. The summed E-state index contributed by atoms with van der Waals surface area (Å²) in [5.74, 6) is 0.137. The lowest BCUT2D eigenvalue weighted by atomic mass is 10.2. The maximum Gasteiger partial charge on any atom is 0.319 e. The SMILES string of the molecule is COc1ccc(CNC(=O)Nc2cccc3nc(C(N)=O)[nH]c23)cc1. The van der Waals surface area contributed by atoms with Crippen molar-refractivity contribution in [2.45, 2.75) is 6.54 Å². The molecule has 0 unspecified atom stereocenters. The summed E-state index contributed by atoms with van der Waals surface area (Å²) >= 11 is 0.